The lowest BCUT2D eigenvalue weighted by Crippen LogP contribution is -2.46. The van der Waals surface area contributed by atoms with E-state index in [1.807, 2.05) is 6.07 Å². The van der Waals surface area contributed by atoms with Crippen LogP contribution in [0.2, 0.25) is 0 Å². The monoisotopic (exact) mass is 328 g/mol. The Bertz CT molecular complexity index is 728. The smallest absolute Gasteiger partial charge is 0.255 e. The second kappa shape index (κ2) is 7.08. The summed E-state index contributed by atoms with van der Waals surface area (Å²) in [5.74, 6) is -0.0430. The van der Waals surface area contributed by atoms with E-state index in [1.54, 1.807) is 23.2 Å². The minimum absolute atomic E-state index is 0.254. The maximum atomic E-state index is 13.2. The Morgan fingerprint density at radius 1 is 1.17 bits per heavy atom. The van der Waals surface area contributed by atoms with Gasteiger partial charge in [0.1, 0.15) is 11.6 Å². The number of hydrogen-bond donors (Lipinski definition) is 1. The minimum Gasteiger partial charge on any atom is -0.353 e. The highest BCUT2D eigenvalue weighted by molar-refractivity contribution is 6.04. The van der Waals surface area contributed by atoms with Crippen LogP contribution in [0, 0.1) is 5.82 Å². The average molecular weight is 328 g/mol. The normalized spacial score (nSPS) is 14.4. The van der Waals surface area contributed by atoms with Crippen LogP contribution in [-0.2, 0) is 4.79 Å². The Kier molecular flexibility index (Phi) is 4.69. The first-order chi connectivity index (χ1) is 11.7. The number of nitrogens with zero attached hydrogens (tertiary/aromatic N) is 3. The summed E-state index contributed by atoms with van der Waals surface area (Å²) < 4.78 is 13.2. The molecule has 2 amide bonds. The molecule has 1 aliphatic heterocycles. The lowest BCUT2D eigenvalue weighted by Gasteiger charge is -2.33. The van der Waals surface area contributed by atoms with Gasteiger partial charge < -0.3 is 15.1 Å². The third-order valence-corrected chi connectivity index (χ3v) is 3.88. The first-order valence-electron chi connectivity index (χ1n) is 7.63. The molecule has 0 radical (unpaired) electrons. The van der Waals surface area contributed by atoms with E-state index in [4.69, 9.17) is 0 Å². The number of aromatic nitrogens is 1. The Balaban J connectivity index is 1.62. The van der Waals surface area contributed by atoms with Gasteiger partial charge in [0.05, 0.1) is 11.9 Å². The zero-order valence-corrected chi connectivity index (χ0v) is 13.0. The summed E-state index contributed by atoms with van der Waals surface area (Å²) in [5.41, 5.74) is 0.795. The number of anilines is 2. The van der Waals surface area contributed by atoms with E-state index in [2.05, 4.69) is 15.2 Å². The van der Waals surface area contributed by atoms with Gasteiger partial charge in [-0.1, -0.05) is 6.07 Å². The Morgan fingerprint density at radius 2 is 1.96 bits per heavy atom. The fraction of sp³-hybridized carbons (Fsp3) is 0.235. The molecule has 1 saturated heterocycles. The van der Waals surface area contributed by atoms with Gasteiger partial charge in [0, 0.05) is 31.7 Å². The number of nitrogens with one attached hydrogen (secondary N) is 1. The molecule has 24 heavy (non-hydrogen) atoms. The second-order valence-electron chi connectivity index (χ2n) is 5.50. The van der Waals surface area contributed by atoms with Crippen molar-refractivity contribution in [1.82, 2.24) is 9.88 Å². The molecule has 2 aromatic rings. The number of benzene rings is 1. The average Bonchev–Trinajstić information content (AvgIpc) is 2.62. The standard InChI is InChI=1S/C17H17FN4O2/c18-14-3-1-2-13(10-14)17(24)20-15-4-5-16(19-11-15)22-8-6-21(12-23)7-9-22/h1-5,10-12H,6-9H2,(H,20,24). The number of carbonyl (C=O) groups is 2. The van der Waals surface area contributed by atoms with Crippen LogP contribution in [0.5, 0.6) is 0 Å². The van der Waals surface area contributed by atoms with Gasteiger partial charge in [-0.3, -0.25) is 9.59 Å². The quantitative estimate of drug-likeness (QED) is 0.869. The lowest BCUT2D eigenvalue weighted by molar-refractivity contribution is -0.118. The summed E-state index contributed by atoms with van der Waals surface area (Å²) in [6, 6.07) is 9.09. The number of hydrogen-bond acceptors (Lipinski definition) is 4. The summed E-state index contributed by atoms with van der Waals surface area (Å²) in [5, 5.41) is 2.69. The molecule has 1 aliphatic rings. The Labute approximate surface area is 138 Å². The van der Waals surface area contributed by atoms with Gasteiger partial charge in [-0.15, -0.1) is 0 Å². The zero-order chi connectivity index (χ0) is 16.9. The van der Waals surface area contributed by atoms with Crippen molar-refractivity contribution in [2.45, 2.75) is 0 Å². The van der Waals surface area contributed by atoms with E-state index in [9.17, 15) is 14.0 Å². The first kappa shape index (κ1) is 15.9. The van der Waals surface area contributed by atoms with Crippen LogP contribution in [0.25, 0.3) is 0 Å². The maximum Gasteiger partial charge on any atom is 0.255 e. The van der Waals surface area contributed by atoms with E-state index < -0.39 is 5.82 Å². The van der Waals surface area contributed by atoms with E-state index in [0.29, 0.717) is 18.8 Å². The van der Waals surface area contributed by atoms with Crippen molar-refractivity contribution in [3.8, 4) is 0 Å². The van der Waals surface area contributed by atoms with Crippen molar-refractivity contribution in [2.24, 2.45) is 0 Å². The summed E-state index contributed by atoms with van der Waals surface area (Å²) in [4.78, 5) is 30.9. The van der Waals surface area contributed by atoms with Gasteiger partial charge in [-0.25, -0.2) is 9.37 Å². The van der Waals surface area contributed by atoms with Gasteiger partial charge in [0.15, 0.2) is 0 Å². The summed E-state index contributed by atoms with van der Waals surface area (Å²) in [6.45, 7) is 2.79. The molecule has 1 fully saturated rings. The Morgan fingerprint density at radius 3 is 2.58 bits per heavy atom. The highest BCUT2D eigenvalue weighted by Crippen LogP contribution is 2.16. The van der Waals surface area contributed by atoms with Gasteiger partial charge >= 0.3 is 0 Å². The molecule has 0 bridgehead atoms. The molecule has 124 valence electrons. The molecule has 1 aromatic heterocycles. The molecule has 6 nitrogen and oxygen atoms in total. The number of pyridine rings is 1. The molecule has 0 aliphatic carbocycles. The van der Waals surface area contributed by atoms with Gasteiger partial charge in [0.25, 0.3) is 5.91 Å². The largest absolute Gasteiger partial charge is 0.353 e. The van der Waals surface area contributed by atoms with Crippen LogP contribution in [-0.4, -0.2) is 48.4 Å². The van der Waals surface area contributed by atoms with Gasteiger partial charge in [-0.05, 0) is 30.3 Å². The minimum atomic E-state index is -0.453. The first-order valence-corrected chi connectivity index (χ1v) is 7.63. The van der Waals surface area contributed by atoms with Crippen molar-refractivity contribution < 1.29 is 14.0 Å². The topological polar surface area (TPSA) is 65.5 Å². The molecule has 3 rings (SSSR count). The molecule has 0 saturated carbocycles. The number of rotatable bonds is 4. The van der Waals surface area contributed by atoms with Crippen molar-refractivity contribution in [3.05, 3.63) is 54.0 Å². The number of carbonyl (C=O) groups excluding carboxylic acids is 2. The van der Waals surface area contributed by atoms with Crippen LogP contribution in [0.15, 0.2) is 42.6 Å². The van der Waals surface area contributed by atoms with Crippen LogP contribution in [0.1, 0.15) is 10.4 Å². The predicted octanol–water partition coefficient (Wildman–Crippen LogP) is 1.75. The molecular formula is C17H17FN4O2. The van der Waals surface area contributed by atoms with Crippen molar-refractivity contribution in [3.63, 3.8) is 0 Å². The third-order valence-electron chi connectivity index (χ3n) is 3.88. The van der Waals surface area contributed by atoms with Crippen LogP contribution < -0.4 is 10.2 Å². The predicted molar refractivity (Wildman–Crippen MR) is 88.4 cm³/mol. The van der Waals surface area contributed by atoms with E-state index >= 15 is 0 Å². The molecule has 0 atom stereocenters. The van der Waals surface area contributed by atoms with Crippen molar-refractivity contribution >= 4 is 23.8 Å². The molecule has 2 heterocycles. The molecule has 1 aromatic carbocycles. The van der Waals surface area contributed by atoms with E-state index in [0.717, 1.165) is 25.3 Å². The van der Waals surface area contributed by atoms with Crippen LogP contribution >= 0.6 is 0 Å². The highest BCUT2D eigenvalue weighted by Gasteiger charge is 2.16. The number of amides is 2. The van der Waals surface area contributed by atoms with E-state index in [-0.39, 0.29) is 11.5 Å². The summed E-state index contributed by atoms with van der Waals surface area (Å²) in [7, 11) is 0. The molecule has 7 heteroatoms. The molecule has 1 N–H and O–H groups in total. The molecule has 0 spiro atoms. The second-order valence-corrected chi connectivity index (χ2v) is 5.50. The van der Waals surface area contributed by atoms with E-state index in [1.165, 1.54) is 18.2 Å². The van der Waals surface area contributed by atoms with Crippen LogP contribution in [0.3, 0.4) is 0 Å². The molecule has 0 unspecified atom stereocenters. The van der Waals surface area contributed by atoms with Gasteiger partial charge in [-0.2, -0.15) is 0 Å². The SMILES string of the molecule is O=CN1CCN(c2ccc(NC(=O)c3cccc(F)c3)cn2)CC1. The summed E-state index contributed by atoms with van der Waals surface area (Å²) >= 11 is 0. The zero-order valence-electron chi connectivity index (χ0n) is 13.0. The van der Waals surface area contributed by atoms with Crippen molar-refractivity contribution in [2.75, 3.05) is 36.4 Å². The van der Waals surface area contributed by atoms with Crippen LogP contribution in [0.4, 0.5) is 15.9 Å². The highest BCUT2D eigenvalue weighted by atomic mass is 19.1. The van der Waals surface area contributed by atoms with Gasteiger partial charge in [0.2, 0.25) is 6.41 Å². The Hall–Kier alpha value is -2.96. The summed E-state index contributed by atoms with van der Waals surface area (Å²) in [6.07, 6.45) is 2.43. The third kappa shape index (κ3) is 3.68. The maximum absolute atomic E-state index is 13.2. The molecular weight excluding hydrogens is 311 g/mol. The number of halogens is 1. The fourth-order valence-electron chi connectivity index (χ4n) is 2.54. The van der Waals surface area contributed by atoms with Crippen molar-refractivity contribution in [1.29, 1.82) is 0 Å². The fourth-order valence-corrected chi connectivity index (χ4v) is 2.54. The lowest BCUT2D eigenvalue weighted by atomic mass is 10.2. The number of piperazine rings is 1.